The number of carbonyl (C=O) groups excluding carboxylic acids is 2. The number of benzene rings is 2. The lowest BCUT2D eigenvalue weighted by Crippen LogP contribution is -2.38. The van der Waals surface area contributed by atoms with Crippen LogP contribution in [0.25, 0.3) is 0 Å². The average molecular weight is 405 g/mol. The fourth-order valence-corrected chi connectivity index (χ4v) is 3.48. The summed E-state index contributed by atoms with van der Waals surface area (Å²) < 4.78 is 14.8. The molecule has 2 aromatic carbocycles. The van der Waals surface area contributed by atoms with E-state index in [1.165, 1.54) is 6.07 Å². The zero-order valence-corrected chi connectivity index (χ0v) is 15.3. The Hall–Kier alpha value is -2.21. The number of halogens is 2. The third-order valence-electron chi connectivity index (χ3n) is 4.36. The van der Waals surface area contributed by atoms with Crippen molar-refractivity contribution in [3.05, 3.63) is 63.9 Å². The molecule has 2 amide bonds. The number of hydrogen-bond acceptors (Lipinski definition) is 2. The first kappa shape index (κ1) is 17.6. The molecule has 1 unspecified atom stereocenters. The normalized spacial score (nSPS) is 16.1. The molecule has 0 spiro atoms. The minimum atomic E-state index is -0.542. The number of fused-ring (bicyclic) bond motifs is 1. The molecule has 0 aromatic heterocycles. The maximum absolute atomic E-state index is 14.1. The van der Waals surface area contributed by atoms with Crippen LogP contribution in [-0.4, -0.2) is 23.3 Å². The number of carbonyl (C=O) groups is 2. The van der Waals surface area contributed by atoms with E-state index in [2.05, 4.69) is 21.2 Å². The first-order valence-electron chi connectivity index (χ1n) is 8.11. The SMILES string of the molecule is CCN(Cc1cc(Br)ccc1F)C(=O)C1CC(=O)Nc2ccccc21. The molecule has 0 saturated carbocycles. The monoisotopic (exact) mass is 404 g/mol. The highest BCUT2D eigenvalue weighted by Crippen LogP contribution is 2.33. The van der Waals surface area contributed by atoms with E-state index >= 15 is 0 Å². The highest BCUT2D eigenvalue weighted by atomic mass is 79.9. The van der Waals surface area contributed by atoms with Crippen molar-refractivity contribution in [1.29, 1.82) is 0 Å². The molecule has 1 heterocycles. The second kappa shape index (κ2) is 7.35. The number of likely N-dealkylation sites (N-methyl/N-ethyl adjacent to an activating group) is 1. The smallest absolute Gasteiger partial charge is 0.231 e. The summed E-state index contributed by atoms with van der Waals surface area (Å²) in [6.45, 7) is 2.45. The Balaban J connectivity index is 1.88. The van der Waals surface area contributed by atoms with E-state index in [1.807, 2.05) is 25.1 Å². The first-order valence-corrected chi connectivity index (χ1v) is 8.90. The van der Waals surface area contributed by atoms with Crippen LogP contribution in [0.3, 0.4) is 0 Å². The standard InChI is InChI=1S/C19H18BrFN2O2/c1-2-23(11-12-9-13(20)7-8-16(12)21)19(25)15-10-18(24)22-17-6-4-3-5-14(15)17/h3-9,15H,2,10-11H2,1H3,(H,22,24). The van der Waals surface area contributed by atoms with Gasteiger partial charge in [-0.1, -0.05) is 34.1 Å². The first-order chi connectivity index (χ1) is 12.0. The van der Waals surface area contributed by atoms with Crippen molar-refractivity contribution in [3.8, 4) is 0 Å². The summed E-state index contributed by atoms with van der Waals surface area (Å²) in [5.41, 5.74) is 1.92. The van der Waals surface area contributed by atoms with E-state index < -0.39 is 5.92 Å². The third kappa shape index (κ3) is 3.74. The fourth-order valence-electron chi connectivity index (χ4n) is 3.07. The molecule has 1 aliphatic heterocycles. The summed E-state index contributed by atoms with van der Waals surface area (Å²) in [7, 11) is 0. The lowest BCUT2D eigenvalue weighted by Gasteiger charge is -2.30. The maximum Gasteiger partial charge on any atom is 0.231 e. The van der Waals surface area contributed by atoms with Crippen LogP contribution in [0.1, 0.15) is 30.4 Å². The number of para-hydroxylation sites is 1. The van der Waals surface area contributed by atoms with Crippen LogP contribution in [-0.2, 0) is 16.1 Å². The van der Waals surface area contributed by atoms with Gasteiger partial charge >= 0.3 is 0 Å². The molecule has 1 aliphatic rings. The van der Waals surface area contributed by atoms with Gasteiger partial charge in [0, 0.05) is 35.2 Å². The molecule has 0 saturated heterocycles. The van der Waals surface area contributed by atoms with Gasteiger partial charge < -0.3 is 10.2 Å². The second-order valence-electron chi connectivity index (χ2n) is 5.98. The van der Waals surface area contributed by atoms with Crippen LogP contribution in [0.4, 0.5) is 10.1 Å². The number of anilines is 1. The molecule has 2 aromatic rings. The van der Waals surface area contributed by atoms with Gasteiger partial charge in [0.05, 0.1) is 5.92 Å². The molecule has 1 atom stereocenters. The summed E-state index contributed by atoms with van der Waals surface area (Å²) in [5, 5.41) is 2.79. The lowest BCUT2D eigenvalue weighted by molar-refractivity contribution is -0.135. The van der Waals surface area contributed by atoms with Crippen molar-refractivity contribution in [2.75, 3.05) is 11.9 Å². The molecule has 0 bridgehead atoms. The number of nitrogens with zero attached hydrogens (tertiary/aromatic N) is 1. The van der Waals surface area contributed by atoms with E-state index in [-0.39, 0.29) is 30.6 Å². The van der Waals surface area contributed by atoms with Crippen LogP contribution in [0, 0.1) is 5.82 Å². The minimum absolute atomic E-state index is 0.104. The van der Waals surface area contributed by atoms with E-state index in [9.17, 15) is 14.0 Å². The van der Waals surface area contributed by atoms with Crippen molar-refractivity contribution in [2.45, 2.75) is 25.8 Å². The molecule has 6 heteroatoms. The minimum Gasteiger partial charge on any atom is -0.338 e. The molecule has 3 rings (SSSR count). The largest absolute Gasteiger partial charge is 0.338 e. The third-order valence-corrected chi connectivity index (χ3v) is 4.85. The van der Waals surface area contributed by atoms with Crippen LogP contribution in [0.15, 0.2) is 46.9 Å². The van der Waals surface area contributed by atoms with Crippen molar-refractivity contribution < 1.29 is 14.0 Å². The molecule has 0 radical (unpaired) electrons. The molecule has 130 valence electrons. The predicted octanol–water partition coefficient (Wildman–Crippen LogP) is 4.06. The van der Waals surface area contributed by atoms with Crippen molar-refractivity contribution >= 4 is 33.4 Å². The maximum atomic E-state index is 14.1. The average Bonchev–Trinajstić information content (AvgIpc) is 2.61. The quantitative estimate of drug-likeness (QED) is 0.834. The van der Waals surface area contributed by atoms with E-state index in [0.717, 1.165) is 10.0 Å². The van der Waals surface area contributed by atoms with Gasteiger partial charge in [-0.15, -0.1) is 0 Å². The molecule has 1 N–H and O–H groups in total. The predicted molar refractivity (Wildman–Crippen MR) is 97.6 cm³/mol. The summed E-state index contributed by atoms with van der Waals surface area (Å²) >= 11 is 3.33. The zero-order valence-electron chi connectivity index (χ0n) is 13.8. The van der Waals surface area contributed by atoms with E-state index in [1.54, 1.807) is 23.1 Å². The topological polar surface area (TPSA) is 49.4 Å². The van der Waals surface area contributed by atoms with Gasteiger partial charge in [0.1, 0.15) is 5.82 Å². The molecular weight excluding hydrogens is 387 g/mol. The highest BCUT2D eigenvalue weighted by Gasteiger charge is 2.33. The summed E-state index contributed by atoms with van der Waals surface area (Å²) in [6, 6.07) is 12.0. The van der Waals surface area contributed by atoms with Gasteiger partial charge in [-0.25, -0.2) is 4.39 Å². The van der Waals surface area contributed by atoms with Crippen LogP contribution < -0.4 is 5.32 Å². The van der Waals surface area contributed by atoms with Crippen molar-refractivity contribution in [2.24, 2.45) is 0 Å². The van der Waals surface area contributed by atoms with E-state index in [0.29, 0.717) is 17.8 Å². The Morgan fingerprint density at radius 1 is 1.32 bits per heavy atom. The Bertz CT molecular complexity index is 825. The van der Waals surface area contributed by atoms with Gasteiger partial charge in [0.15, 0.2) is 0 Å². The van der Waals surface area contributed by atoms with Crippen molar-refractivity contribution in [1.82, 2.24) is 4.90 Å². The van der Waals surface area contributed by atoms with Gasteiger partial charge in [0.25, 0.3) is 0 Å². The Morgan fingerprint density at radius 2 is 2.08 bits per heavy atom. The van der Waals surface area contributed by atoms with Gasteiger partial charge in [-0.05, 0) is 36.8 Å². The van der Waals surface area contributed by atoms with Gasteiger partial charge in [0.2, 0.25) is 11.8 Å². The molecular formula is C19H18BrFN2O2. The number of rotatable bonds is 4. The second-order valence-corrected chi connectivity index (χ2v) is 6.90. The highest BCUT2D eigenvalue weighted by molar-refractivity contribution is 9.10. The van der Waals surface area contributed by atoms with Crippen molar-refractivity contribution in [3.63, 3.8) is 0 Å². The molecule has 25 heavy (non-hydrogen) atoms. The molecule has 0 fully saturated rings. The summed E-state index contributed by atoms with van der Waals surface area (Å²) in [6.07, 6.45) is 0.104. The van der Waals surface area contributed by atoms with Crippen LogP contribution >= 0.6 is 15.9 Å². The Kier molecular flexibility index (Phi) is 5.18. The van der Waals surface area contributed by atoms with E-state index in [4.69, 9.17) is 0 Å². The fraction of sp³-hybridized carbons (Fsp3) is 0.263. The van der Waals surface area contributed by atoms with Crippen LogP contribution in [0.5, 0.6) is 0 Å². The zero-order chi connectivity index (χ0) is 18.0. The lowest BCUT2D eigenvalue weighted by atomic mass is 9.89. The molecule has 0 aliphatic carbocycles. The summed E-state index contributed by atoms with van der Waals surface area (Å²) in [4.78, 5) is 26.6. The number of amides is 2. The molecule has 4 nitrogen and oxygen atoms in total. The van der Waals surface area contributed by atoms with Crippen LogP contribution in [0.2, 0.25) is 0 Å². The van der Waals surface area contributed by atoms with Gasteiger partial charge in [-0.3, -0.25) is 9.59 Å². The number of hydrogen-bond donors (Lipinski definition) is 1. The summed E-state index contributed by atoms with van der Waals surface area (Å²) in [5.74, 6) is -1.23. The van der Waals surface area contributed by atoms with Gasteiger partial charge in [-0.2, -0.15) is 0 Å². The number of nitrogens with one attached hydrogen (secondary N) is 1. The Morgan fingerprint density at radius 3 is 2.84 bits per heavy atom. The Labute approximate surface area is 154 Å².